The second-order valence-corrected chi connectivity index (χ2v) is 7.70. The fraction of sp³-hybridized carbons (Fsp3) is 0.429. The standard InChI is InChI=1S/C21H26O3S/c1-16-8-10-18(11-9-16)6-3-4-13-21(20(23)24,17(2)12-14-22)19-7-5-15-25-19/h5,7-11,14-15,17H,3-4,6,12-13H2,1-2H3,(H,23,24). The summed E-state index contributed by atoms with van der Waals surface area (Å²) < 4.78 is 0. The lowest BCUT2D eigenvalue weighted by Gasteiger charge is -2.34. The Morgan fingerprint density at radius 1 is 1.24 bits per heavy atom. The third-order valence-electron chi connectivity index (χ3n) is 5.04. The molecule has 0 aliphatic carbocycles. The van der Waals surface area contributed by atoms with E-state index in [1.807, 2.05) is 24.4 Å². The molecule has 1 aromatic heterocycles. The van der Waals surface area contributed by atoms with Gasteiger partial charge in [0.05, 0.1) is 0 Å². The maximum atomic E-state index is 12.2. The molecule has 2 rings (SSSR count). The minimum atomic E-state index is -0.970. The summed E-state index contributed by atoms with van der Waals surface area (Å²) in [5.41, 5.74) is 1.56. The van der Waals surface area contributed by atoms with Crippen LogP contribution in [0.3, 0.4) is 0 Å². The van der Waals surface area contributed by atoms with Crippen LogP contribution in [0.4, 0.5) is 0 Å². The van der Waals surface area contributed by atoms with Crippen molar-refractivity contribution >= 4 is 23.6 Å². The minimum absolute atomic E-state index is 0.222. The third kappa shape index (κ3) is 4.57. The van der Waals surface area contributed by atoms with Crippen molar-refractivity contribution in [2.24, 2.45) is 5.92 Å². The van der Waals surface area contributed by atoms with E-state index in [1.165, 1.54) is 22.5 Å². The Morgan fingerprint density at radius 3 is 2.52 bits per heavy atom. The summed E-state index contributed by atoms with van der Waals surface area (Å²) in [5, 5.41) is 11.9. The summed E-state index contributed by atoms with van der Waals surface area (Å²) >= 11 is 1.47. The second kappa shape index (κ2) is 8.95. The van der Waals surface area contributed by atoms with E-state index in [1.54, 1.807) is 0 Å². The molecule has 2 aromatic rings. The van der Waals surface area contributed by atoms with Crippen LogP contribution in [0, 0.1) is 12.8 Å². The topological polar surface area (TPSA) is 54.4 Å². The van der Waals surface area contributed by atoms with E-state index in [0.717, 1.165) is 30.4 Å². The number of benzene rings is 1. The lowest BCUT2D eigenvalue weighted by molar-refractivity contribution is -0.146. The Morgan fingerprint density at radius 2 is 1.96 bits per heavy atom. The molecule has 0 amide bonds. The Bertz CT molecular complexity index is 676. The predicted molar refractivity (Wildman–Crippen MR) is 102 cm³/mol. The number of unbranched alkanes of at least 4 members (excludes halogenated alkanes) is 1. The van der Waals surface area contributed by atoms with E-state index < -0.39 is 11.4 Å². The number of aldehydes is 1. The van der Waals surface area contributed by atoms with Crippen molar-refractivity contribution in [2.45, 2.75) is 51.4 Å². The molecule has 3 nitrogen and oxygen atoms in total. The summed E-state index contributed by atoms with van der Waals surface area (Å²) in [7, 11) is 0. The molecule has 0 aliphatic rings. The van der Waals surface area contributed by atoms with E-state index in [0.29, 0.717) is 6.42 Å². The Kier molecular flexibility index (Phi) is 6.94. The van der Waals surface area contributed by atoms with Crippen molar-refractivity contribution in [3.05, 3.63) is 57.8 Å². The van der Waals surface area contributed by atoms with E-state index in [-0.39, 0.29) is 12.3 Å². The molecule has 0 aliphatic heterocycles. The van der Waals surface area contributed by atoms with Crippen molar-refractivity contribution in [3.63, 3.8) is 0 Å². The van der Waals surface area contributed by atoms with Gasteiger partial charge in [-0.2, -0.15) is 0 Å². The first-order valence-electron chi connectivity index (χ1n) is 8.77. The molecule has 1 aromatic carbocycles. The Balaban J connectivity index is 2.09. The maximum Gasteiger partial charge on any atom is 0.315 e. The fourth-order valence-corrected chi connectivity index (χ4v) is 4.46. The molecule has 0 bridgehead atoms. The zero-order valence-electron chi connectivity index (χ0n) is 14.9. The van der Waals surface area contributed by atoms with Crippen molar-refractivity contribution in [1.82, 2.24) is 0 Å². The highest BCUT2D eigenvalue weighted by molar-refractivity contribution is 7.10. The van der Waals surface area contributed by atoms with Gasteiger partial charge in [0.25, 0.3) is 0 Å². The van der Waals surface area contributed by atoms with Gasteiger partial charge in [0.2, 0.25) is 0 Å². The summed E-state index contributed by atoms with van der Waals surface area (Å²) in [6, 6.07) is 12.3. The average molecular weight is 359 g/mol. The van der Waals surface area contributed by atoms with Crippen LogP contribution in [0.1, 0.15) is 48.6 Å². The SMILES string of the molecule is Cc1ccc(CCCCC(C(=O)O)(c2cccs2)C(C)CC=O)cc1. The van der Waals surface area contributed by atoms with Gasteiger partial charge >= 0.3 is 5.97 Å². The first kappa shape index (κ1) is 19.4. The van der Waals surface area contributed by atoms with Gasteiger partial charge in [-0.1, -0.05) is 49.2 Å². The molecule has 134 valence electrons. The Hall–Kier alpha value is -1.94. The summed E-state index contributed by atoms with van der Waals surface area (Å²) in [6.07, 6.45) is 4.37. The average Bonchev–Trinajstić information content (AvgIpc) is 3.11. The normalized spacial score (nSPS) is 14.6. The molecule has 4 heteroatoms. The van der Waals surface area contributed by atoms with Crippen LogP contribution in [0.25, 0.3) is 0 Å². The van der Waals surface area contributed by atoms with Crippen LogP contribution in [0.2, 0.25) is 0 Å². The molecule has 1 heterocycles. The number of carbonyl (C=O) groups is 2. The molecular formula is C21H26O3S. The smallest absolute Gasteiger partial charge is 0.315 e. The summed E-state index contributed by atoms with van der Waals surface area (Å²) in [5.74, 6) is -1.04. The molecule has 2 unspecified atom stereocenters. The number of aryl methyl sites for hydroxylation is 2. The molecule has 0 saturated heterocycles. The number of hydrogen-bond acceptors (Lipinski definition) is 3. The van der Waals surface area contributed by atoms with E-state index >= 15 is 0 Å². The zero-order chi connectivity index (χ0) is 18.3. The molecule has 25 heavy (non-hydrogen) atoms. The van der Waals surface area contributed by atoms with E-state index in [2.05, 4.69) is 31.2 Å². The van der Waals surface area contributed by atoms with Crippen molar-refractivity contribution in [1.29, 1.82) is 0 Å². The largest absolute Gasteiger partial charge is 0.481 e. The number of carboxylic acids is 1. The molecule has 0 fully saturated rings. The zero-order valence-corrected chi connectivity index (χ0v) is 15.7. The summed E-state index contributed by atoms with van der Waals surface area (Å²) in [4.78, 5) is 24.1. The van der Waals surface area contributed by atoms with Gasteiger partial charge in [0, 0.05) is 11.3 Å². The predicted octanol–water partition coefficient (Wildman–Crippen LogP) is 5.02. The molecule has 0 spiro atoms. The number of carbonyl (C=O) groups excluding carboxylic acids is 1. The number of aliphatic carboxylic acids is 1. The van der Waals surface area contributed by atoms with Crippen LogP contribution in [-0.4, -0.2) is 17.4 Å². The van der Waals surface area contributed by atoms with Crippen LogP contribution >= 0.6 is 11.3 Å². The van der Waals surface area contributed by atoms with Crippen molar-refractivity contribution < 1.29 is 14.7 Å². The maximum absolute atomic E-state index is 12.2. The Labute approximate surface area is 153 Å². The van der Waals surface area contributed by atoms with Crippen LogP contribution in [0.5, 0.6) is 0 Å². The highest BCUT2D eigenvalue weighted by atomic mass is 32.1. The molecule has 0 radical (unpaired) electrons. The quantitative estimate of drug-likeness (QED) is 0.479. The van der Waals surface area contributed by atoms with Gasteiger partial charge < -0.3 is 9.90 Å². The fourth-order valence-electron chi connectivity index (χ4n) is 3.40. The van der Waals surface area contributed by atoms with Gasteiger partial charge in [-0.15, -0.1) is 11.3 Å². The van der Waals surface area contributed by atoms with Crippen molar-refractivity contribution in [2.75, 3.05) is 0 Å². The second-order valence-electron chi connectivity index (χ2n) is 6.75. The monoisotopic (exact) mass is 358 g/mol. The number of thiophene rings is 1. The molecular weight excluding hydrogens is 332 g/mol. The van der Waals surface area contributed by atoms with Crippen LogP contribution < -0.4 is 0 Å². The van der Waals surface area contributed by atoms with Gasteiger partial charge in [0.15, 0.2) is 0 Å². The van der Waals surface area contributed by atoms with Crippen molar-refractivity contribution in [3.8, 4) is 0 Å². The molecule has 0 saturated carbocycles. The van der Waals surface area contributed by atoms with E-state index in [4.69, 9.17) is 0 Å². The van der Waals surface area contributed by atoms with Crippen LogP contribution in [0.15, 0.2) is 41.8 Å². The highest BCUT2D eigenvalue weighted by Crippen LogP contribution is 2.41. The van der Waals surface area contributed by atoms with Gasteiger partial charge in [-0.25, -0.2) is 0 Å². The first-order chi connectivity index (χ1) is 12.0. The number of hydrogen-bond donors (Lipinski definition) is 1. The number of rotatable bonds is 10. The van der Waals surface area contributed by atoms with Gasteiger partial charge in [-0.3, -0.25) is 4.79 Å². The lowest BCUT2D eigenvalue weighted by Crippen LogP contribution is -2.41. The number of carboxylic acid groups (broad SMARTS) is 1. The summed E-state index contributed by atoms with van der Waals surface area (Å²) in [6.45, 7) is 3.95. The van der Waals surface area contributed by atoms with Gasteiger partial charge in [0.1, 0.15) is 11.7 Å². The minimum Gasteiger partial charge on any atom is -0.481 e. The molecule has 1 N–H and O–H groups in total. The van der Waals surface area contributed by atoms with Gasteiger partial charge in [-0.05, 0) is 49.1 Å². The first-order valence-corrected chi connectivity index (χ1v) is 9.65. The highest BCUT2D eigenvalue weighted by Gasteiger charge is 2.45. The molecule has 2 atom stereocenters. The lowest BCUT2D eigenvalue weighted by atomic mass is 9.70. The van der Waals surface area contributed by atoms with Crippen LogP contribution in [-0.2, 0) is 21.4 Å². The third-order valence-corrected chi connectivity index (χ3v) is 6.09. The van der Waals surface area contributed by atoms with E-state index in [9.17, 15) is 14.7 Å².